The highest BCUT2D eigenvalue weighted by atomic mass is 16.6. The molecule has 1 saturated heterocycles. The number of ether oxygens (including phenoxy) is 3. The molecule has 1 aliphatic heterocycles. The minimum absolute atomic E-state index is 0.134. The second-order valence-electron chi connectivity index (χ2n) is 15.8. The van der Waals surface area contributed by atoms with Crippen molar-refractivity contribution in [3.63, 3.8) is 0 Å². The predicted molar refractivity (Wildman–Crippen MR) is 235 cm³/mol. The van der Waals surface area contributed by atoms with Crippen LogP contribution in [0.3, 0.4) is 0 Å². The van der Waals surface area contributed by atoms with Gasteiger partial charge >= 0.3 is 11.9 Å². The number of fused-ring (bicyclic) bond motifs is 2. The van der Waals surface area contributed by atoms with Crippen molar-refractivity contribution in [2.24, 2.45) is 5.92 Å². The number of aromatic nitrogens is 1. The zero-order chi connectivity index (χ0) is 46.0. The topological polar surface area (TPSA) is 264 Å². The lowest BCUT2D eigenvalue weighted by atomic mass is 9.85. The third-order valence-corrected chi connectivity index (χ3v) is 11.5. The van der Waals surface area contributed by atoms with Crippen LogP contribution in [0.1, 0.15) is 87.1 Å². The molecule has 5 aromatic rings. The lowest BCUT2D eigenvalue weighted by molar-refractivity contribution is -0.394. The predicted octanol–water partition coefficient (Wildman–Crippen LogP) is 8.02. The largest absolute Gasteiger partial charge is 0.478 e. The van der Waals surface area contributed by atoms with E-state index in [0.29, 0.717) is 142 Å². The standard InChI is InChI=1S/C46H47N5O14/c52-39(12-4-6-17-63-19-21-64-20-18-62-16-5-3-8-28-13-14-33(50(58)59)25-37(28)51(60)61)29-9-7-15-49(27-29)38-26-36(47-32-23-30(45(54)55)22-31(24-32)46(56)57)40-41-42(38)48-65-44(41)35-11-2-1-10-34(35)43(40)53/h1-2,10-11,13-14,22-26,29,47H,3-9,12,15-21,27H2,(H,54,55)(H,56,57)/t29-/m0/s1. The van der Waals surface area contributed by atoms with Crippen LogP contribution in [0.5, 0.6) is 0 Å². The maximum absolute atomic E-state index is 14.1. The number of hydrogen-bond acceptors (Lipinski definition) is 15. The quantitative estimate of drug-likeness (QED) is 0.0295. The molecule has 0 bridgehead atoms. The number of carbonyl (C=O) groups excluding carboxylic acids is 2. The van der Waals surface area contributed by atoms with Gasteiger partial charge in [-0.1, -0.05) is 29.4 Å². The highest BCUT2D eigenvalue weighted by Crippen LogP contribution is 2.47. The van der Waals surface area contributed by atoms with Crippen LogP contribution in [-0.4, -0.2) is 101 Å². The van der Waals surface area contributed by atoms with Gasteiger partial charge in [-0.25, -0.2) is 9.59 Å². The first-order valence-corrected chi connectivity index (χ1v) is 21.3. The first-order valence-electron chi connectivity index (χ1n) is 21.3. The Hall–Kier alpha value is -7.09. The summed E-state index contributed by atoms with van der Waals surface area (Å²) in [6, 6.07) is 16.1. The van der Waals surface area contributed by atoms with Crippen LogP contribution in [-0.2, 0) is 25.4 Å². The van der Waals surface area contributed by atoms with Gasteiger partial charge < -0.3 is 39.2 Å². The molecule has 1 aliphatic carbocycles. The number of benzene rings is 4. The number of anilines is 3. The van der Waals surface area contributed by atoms with Crippen molar-refractivity contribution in [1.29, 1.82) is 0 Å². The molecule has 1 atom stereocenters. The van der Waals surface area contributed by atoms with Crippen molar-refractivity contribution >= 4 is 62.8 Å². The van der Waals surface area contributed by atoms with Crippen molar-refractivity contribution in [1.82, 2.24) is 5.16 Å². The maximum Gasteiger partial charge on any atom is 0.335 e. The minimum atomic E-state index is -1.31. The number of rotatable bonds is 24. The summed E-state index contributed by atoms with van der Waals surface area (Å²) >= 11 is 0. The SMILES string of the molecule is O=C(O)c1cc(Nc2cc(N3CCC[C@H](C(=O)CCCCOCCOCCOCCCCc4ccc([N+](=O)[O-])cc4[N+](=O)[O-])C3)c3noc4c3c2C(=O)c2ccccc2-4)cc(C(=O)O)c1. The molecule has 0 amide bonds. The molecule has 65 heavy (non-hydrogen) atoms. The molecule has 3 N–H and O–H groups in total. The summed E-state index contributed by atoms with van der Waals surface area (Å²) in [7, 11) is 0. The van der Waals surface area contributed by atoms with Gasteiger partial charge in [-0.2, -0.15) is 0 Å². The number of non-ortho nitro benzene ring substituents is 1. The number of nitro groups is 2. The number of unbranched alkanes of at least 4 members (excludes halogenated alkanes) is 2. The molecule has 0 saturated carbocycles. The number of carboxylic acids is 2. The van der Waals surface area contributed by atoms with Crippen molar-refractivity contribution in [2.75, 3.05) is 62.9 Å². The average molecular weight is 894 g/mol. The monoisotopic (exact) mass is 893 g/mol. The lowest BCUT2D eigenvalue weighted by Crippen LogP contribution is -2.39. The van der Waals surface area contributed by atoms with Crippen LogP contribution in [0, 0.1) is 26.1 Å². The van der Waals surface area contributed by atoms with E-state index in [-0.39, 0.29) is 51.2 Å². The number of nitrogens with one attached hydrogen (secondary N) is 1. The van der Waals surface area contributed by atoms with E-state index in [1.54, 1.807) is 30.3 Å². The summed E-state index contributed by atoms with van der Waals surface area (Å²) in [5, 5.41) is 49.7. The average Bonchev–Trinajstić information content (AvgIpc) is 3.74. The summed E-state index contributed by atoms with van der Waals surface area (Å²) in [4.78, 5) is 74.5. The Morgan fingerprint density at radius 1 is 0.815 bits per heavy atom. The summed E-state index contributed by atoms with van der Waals surface area (Å²) in [5.41, 5.74) is 2.14. The number of nitrogens with zero attached hydrogens (tertiary/aromatic N) is 4. The Bertz CT molecular complexity index is 2590. The van der Waals surface area contributed by atoms with Gasteiger partial charge in [0.15, 0.2) is 11.5 Å². The van der Waals surface area contributed by atoms with Gasteiger partial charge in [0.2, 0.25) is 0 Å². The van der Waals surface area contributed by atoms with Crippen LogP contribution in [0.2, 0.25) is 0 Å². The number of Topliss-reactive ketones (excluding diaryl/α,β-unsaturated/α-hetero) is 1. The molecule has 4 aromatic carbocycles. The van der Waals surface area contributed by atoms with E-state index in [4.69, 9.17) is 18.7 Å². The Morgan fingerprint density at radius 2 is 1.48 bits per heavy atom. The smallest absolute Gasteiger partial charge is 0.335 e. The van der Waals surface area contributed by atoms with Gasteiger partial charge in [0.1, 0.15) is 11.3 Å². The lowest BCUT2D eigenvalue weighted by Gasteiger charge is -2.34. The number of carboxylic acid groups (broad SMARTS) is 2. The third-order valence-electron chi connectivity index (χ3n) is 11.5. The second-order valence-corrected chi connectivity index (χ2v) is 15.8. The van der Waals surface area contributed by atoms with Gasteiger partial charge in [-0.05, 0) is 75.3 Å². The molecule has 0 radical (unpaired) electrons. The Kier molecular flexibility index (Phi) is 14.9. The van der Waals surface area contributed by atoms with E-state index in [2.05, 4.69) is 15.4 Å². The summed E-state index contributed by atoms with van der Waals surface area (Å²) < 4.78 is 22.8. The molecule has 19 nitrogen and oxygen atoms in total. The number of aryl methyl sites for hydroxylation is 1. The molecule has 7 rings (SSSR count). The fourth-order valence-electron chi connectivity index (χ4n) is 8.26. The van der Waals surface area contributed by atoms with Gasteiger partial charge in [0.25, 0.3) is 11.4 Å². The maximum atomic E-state index is 14.1. The van der Waals surface area contributed by atoms with E-state index < -0.39 is 21.8 Å². The molecule has 19 heteroatoms. The van der Waals surface area contributed by atoms with Crippen LogP contribution in [0.25, 0.3) is 22.2 Å². The number of nitro benzene ring substituents is 2. The molecule has 1 aromatic heterocycles. The van der Waals surface area contributed by atoms with Crippen LogP contribution in [0.15, 0.2) is 71.3 Å². The molecule has 340 valence electrons. The van der Waals surface area contributed by atoms with Gasteiger partial charge in [0, 0.05) is 67.1 Å². The molecule has 2 heterocycles. The molecule has 1 fully saturated rings. The van der Waals surface area contributed by atoms with Crippen LogP contribution in [0.4, 0.5) is 28.4 Å². The summed E-state index contributed by atoms with van der Waals surface area (Å²) in [5.74, 6) is -2.65. The summed E-state index contributed by atoms with van der Waals surface area (Å²) in [6.07, 6.45) is 4.84. The Morgan fingerprint density at radius 3 is 2.14 bits per heavy atom. The zero-order valence-corrected chi connectivity index (χ0v) is 35.3. The van der Waals surface area contributed by atoms with Crippen molar-refractivity contribution in [3.05, 3.63) is 115 Å². The van der Waals surface area contributed by atoms with Gasteiger partial charge in [-0.15, -0.1) is 0 Å². The highest BCUT2D eigenvalue weighted by Gasteiger charge is 2.35. The van der Waals surface area contributed by atoms with Crippen molar-refractivity contribution < 1.29 is 58.0 Å². The first kappa shape index (κ1) is 45.9. The van der Waals surface area contributed by atoms with Crippen LogP contribution < -0.4 is 10.2 Å². The van der Waals surface area contributed by atoms with Gasteiger partial charge in [0.05, 0.1) is 75.8 Å². The number of ketones is 2. The number of aromatic carboxylic acids is 2. The molecule has 0 unspecified atom stereocenters. The number of hydrogen-bond donors (Lipinski definition) is 3. The van der Waals surface area contributed by atoms with E-state index in [9.17, 15) is 49.6 Å². The highest BCUT2D eigenvalue weighted by molar-refractivity contribution is 6.29. The van der Waals surface area contributed by atoms with E-state index >= 15 is 0 Å². The molecule has 0 spiro atoms. The fourth-order valence-corrected chi connectivity index (χ4v) is 8.26. The van der Waals surface area contributed by atoms with Gasteiger partial charge in [-0.3, -0.25) is 29.8 Å². The normalized spacial score (nSPS) is 14.3. The number of carbonyl (C=O) groups is 4. The second kappa shape index (κ2) is 21.1. The first-order chi connectivity index (χ1) is 31.4. The van der Waals surface area contributed by atoms with Crippen LogP contribution >= 0.6 is 0 Å². The Labute approximate surface area is 371 Å². The van der Waals surface area contributed by atoms with Crippen molar-refractivity contribution in [3.8, 4) is 11.3 Å². The van der Waals surface area contributed by atoms with Crippen molar-refractivity contribution in [2.45, 2.75) is 51.4 Å². The van der Waals surface area contributed by atoms with E-state index in [0.717, 1.165) is 18.6 Å². The Balaban J connectivity index is 0.866. The minimum Gasteiger partial charge on any atom is -0.478 e. The van der Waals surface area contributed by atoms with E-state index in [1.165, 1.54) is 24.3 Å². The van der Waals surface area contributed by atoms with E-state index in [1.807, 2.05) is 0 Å². The fraction of sp³-hybridized carbons (Fsp3) is 0.370. The zero-order valence-electron chi connectivity index (χ0n) is 35.3. The molecular formula is C46H47N5O14. The molecular weight excluding hydrogens is 847 g/mol. The molecule has 2 aliphatic rings. The number of piperidine rings is 1. The summed E-state index contributed by atoms with van der Waals surface area (Å²) in [6.45, 7) is 3.42. The third kappa shape index (κ3) is 10.8.